The van der Waals surface area contributed by atoms with Gasteiger partial charge in [-0.2, -0.15) is 0 Å². The van der Waals surface area contributed by atoms with E-state index in [9.17, 15) is 4.79 Å². The molecule has 2 aromatic rings. The minimum atomic E-state index is -0.108. The molecule has 0 fully saturated rings. The van der Waals surface area contributed by atoms with Gasteiger partial charge in [-0.1, -0.05) is 6.92 Å². The molecule has 0 bridgehead atoms. The van der Waals surface area contributed by atoms with Gasteiger partial charge in [0.2, 0.25) is 0 Å². The summed E-state index contributed by atoms with van der Waals surface area (Å²) < 4.78 is 0.951. The van der Waals surface area contributed by atoms with Crippen LogP contribution < -0.4 is 5.32 Å². The molecule has 2 heterocycles. The molecule has 1 amide bonds. The van der Waals surface area contributed by atoms with Gasteiger partial charge < -0.3 is 0 Å². The molecule has 0 saturated carbocycles. The number of thiophene rings is 1. The summed E-state index contributed by atoms with van der Waals surface area (Å²) in [5.41, 5.74) is 1.71. The molecule has 17 heavy (non-hydrogen) atoms. The molecule has 2 aromatic heterocycles. The van der Waals surface area contributed by atoms with E-state index in [1.165, 1.54) is 22.7 Å². The molecule has 0 aliphatic rings. The third kappa shape index (κ3) is 2.94. The highest BCUT2D eigenvalue weighted by Gasteiger charge is 2.12. The van der Waals surface area contributed by atoms with Crippen LogP contribution in [0.3, 0.4) is 0 Å². The van der Waals surface area contributed by atoms with Crippen LogP contribution in [0.2, 0.25) is 0 Å². The van der Waals surface area contributed by atoms with Crippen molar-refractivity contribution in [2.24, 2.45) is 0 Å². The van der Waals surface area contributed by atoms with Gasteiger partial charge in [0.1, 0.15) is 0 Å². The lowest BCUT2D eigenvalue weighted by Crippen LogP contribution is -2.10. The normalized spacial score (nSPS) is 10.5. The Bertz CT molecular complexity index is 547. The van der Waals surface area contributed by atoms with Gasteiger partial charge in [-0.3, -0.25) is 10.1 Å². The number of rotatable bonds is 3. The van der Waals surface area contributed by atoms with Gasteiger partial charge in [0.15, 0.2) is 5.13 Å². The summed E-state index contributed by atoms with van der Waals surface area (Å²) in [6, 6.07) is 1.81. The average molecular weight is 331 g/mol. The summed E-state index contributed by atoms with van der Waals surface area (Å²) in [7, 11) is 0. The van der Waals surface area contributed by atoms with Gasteiger partial charge in [-0.15, -0.1) is 22.7 Å². The molecule has 0 atom stereocenters. The van der Waals surface area contributed by atoms with Crippen LogP contribution in [0.4, 0.5) is 5.13 Å². The Morgan fingerprint density at radius 1 is 1.59 bits per heavy atom. The smallest absolute Gasteiger partial charge is 0.258 e. The zero-order chi connectivity index (χ0) is 12.4. The molecule has 0 aliphatic carbocycles. The van der Waals surface area contributed by atoms with Crippen molar-refractivity contribution in [2.45, 2.75) is 20.3 Å². The Hall–Kier alpha value is -0.720. The lowest BCUT2D eigenvalue weighted by atomic mass is 10.3. The number of hydrogen-bond donors (Lipinski definition) is 1. The fourth-order valence-corrected chi connectivity index (χ4v) is 3.44. The van der Waals surface area contributed by atoms with Crippen molar-refractivity contribution in [1.82, 2.24) is 4.98 Å². The number of anilines is 1. The molecule has 6 heteroatoms. The molecular formula is C11H11BrN2OS2. The fraction of sp³-hybridized carbons (Fsp3) is 0.273. The van der Waals surface area contributed by atoms with E-state index >= 15 is 0 Å². The zero-order valence-electron chi connectivity index (χ0n) is 9.41. The largest absolute Gasteiger partial charge is 0.298 e. The Kier molecular flexibility index (Phi) is 3.96. The number of nitrogens with zero attached hydrogens (tertiary/aromatic N) is 1. The average Bonchev–Trinajstić information content (AvgIpc) is 2.85. The summed E-state index contributed by atoms with van der Waals surface area (Å²) in [5.74, 6) is -0.108. The maximum absolute atomic E-state index is 11.9. The van der Waals surface area contributed by atoms with Gasteiger partial charge in [-0.05, 0) is 35.3 Å². The molecule has 2 rings (SSSR count). The zero-order valence-corrected chi connectivity index (χ0v) is 12.6. The molecular weight excluding hydrogens is 320 g/mol. The lowest BCUT2D eigenvalue weighted by molar-refractivity contribution is 0.102. The maximum Gasteiger partial charge on any atom is 0.258 e. The van der Waals surface area contributed by atoms with Crippen LogP contribution in [-0.2, 0) is 6.42 Å². The van der Waals surface area contributed by atoms with Crippen LogP contribution in [0.5, 0.6) is 0 Å². The van der Waals surface area contributed by atoms with Crippen molar-refractivity contribution in [3.63, 3.8) is 0 Å². The van der Waals surface area contributed by atoms with Gasteiger partial charge in [0, 0.05) is 10.3 Å². The van der Waals surface area contributed by atoms with E-state index in [-0.39, 0.29) is 5.91 Å². The topological polar surface area (TPSA) is 42.0 Å². The standard InChI is InChI=1S/C11H11BrN2OS2/c1-3-8-6(2)17-11(13-8)14-10(15)7-4-9(12)16-5-7/h4-5H,3H2,1-2H3,(H,13,14,15). The number of carbonyl (C=O) groups is 1. The number of aryl methyl sites for hydroxylation is 2. The fourth-order valence-electron chi connectivity index (χ4n) is 1.41. The first-order valence-corrected chi connectivity index (χ1v) is 7.60. The number of amides is 1. The minimum absolute atomic E-state index is 0.108. The number of carbonyl (C=O) groups excluding carboxylic acids is 1. The Morgan fingerprint density at radius 3 is 2.88 bits per heavy atom. The van der Waals surface area contributed by atoms with Crippen LogP contribution >= 0.6 is 38.6 Å². The summed E-state index contributed by atoms with van der Waals surface area (Å²) in [6.07, 6.45) is 0.891. The number of halogens is 1. The molecule has 0 aromatic carbocycles. The van der Waals surface area contributed by atoms with E-state index in [4.69, 9.17) is 0 Å². The van der Waals surface area contributed by atoms with Crippen LogP contribution in [0.15, 0.2) is 15.2 Å². The third-order valence-electron chi connectivity index (χ3n) is 2.28. The molecule has 0 spiro atoms. The molecule has 0 aliphatic heterocycles. The van der Waals surface area contributed by atoms with Gasteiger partial charge in [-0.25, -0.2) is 4.98 Å². The van der Waals surface area contributed by atoms with Crippen LogP contribution in [-0.4, -0.2) is 10.9 Å². The van der Waals surface area contributed by atoms with E-state index in [1.807, 2.05) is 12.3 Å². The third-order valence-corrected chi connectivity index (χ3v) is 4.71. The van der Waals surface area contributed by atoms with Crippen molar-refractivity contribution < 1.29 is 4.79 Å². The summed E-state index contributed by atoms with van der Waals surface area (Å²) in [5, 5.41) is 5.31. The van der Waals surface area contributed by atoms with Gasteiger partial charge in [0.05, 0.1) is 15.0 Å². The highest BCUT2D eigenvalue weighted by atomic mass is 79.9. The van der Waals surface area contributed by atoms with E-state index in [0.717, 1.165) is 20.8 Å². The quantitative estimate of drug-likeness (QED) is 0.920. The molecule has 90 valence electrons. The van der Waals surface area contributed by atoms with E-state index in [0.29, 0.717) is 10.7 Å². The van der Waals surface area contributed by atoms with Crippen LogP contribution in [0.1, 0.15) is 27.9 Å². The van der Waals surface area contributed by atoms with Crippen LogP contribution in [0, 0.1) is 6.92 Å². The van der Waals surface area contributed by atoms with Crippen molar-refractivity contribution in [3.8, 4) is 0 Å². The number of hydrogen-bond acceptors (Lipinski definition) is 4. The summed E-state index contributed by atoms with van der Waals surface area (Å²) in [4.78, 5) is 17.4. The van der Waals surface area contributed by atoms with Gasteiger partial charge in [0.25, 0.3) is 5.91 Å². The molecule has 0 saturated heterocycles. The number of aromatic nitrogens is 1. The lowest BCUT2D eigenvalue weighted by Gasteiger charge is -1.97. The SMILES string of the molecule is CCc1nc(NC(=O)c2csc(Br)c2)sc1C. The second-order valence-corrected chi connectivity index (χ2v) is 6.96. The van der Waals surface area contributed by atoms with E-state index in [1.54, 1.807) is 6.07 Å². The predicted octanol–water partition coefficient (Wildman–Crippen LogP) is 4.09. The van der Waals surface area contributed by atoms with Crippen molar-refractivity contribution in [2.75, 3.05) is 5.32 Å². The molecule has 0 unspecified atom stereocenters. The second kappa shape index (κ2) is 5.29. The van der Waals surface area contributed by atoms with Crippen molar-refractivity contribution >= 4 is 49.6 Å². The molecule has 0 radical (unpaired) electrons. The monoisotopic (exact) mass is 330 g/mol. The van der Waals surface area contributed by atoms with E-state index in [2.05, 4.69) is 33.2 Å². The van der Waals surface area contributed by atoms with Crippen LogP contribution in [0.25, 0.3) is 0 Å². The first kappa shape index (κ1) is 12.7. The first-order chi connectivity index (χ1) is 8.10. The Balaban J connectivity index is 2.12. The Morgan fingerprint density at radius 2 is 2.35 bits per heavy atom. The first-order valence-electron chi connectivity index (χ1n) is 5.12. The maximum atomic E-state index is 11.9. The highest BCUT2D eigenvalue weighted by Crippen LogP contribution is 2.25. The Labute approximate surface area is 116 Å². The van der Waals surface area contributed by atoms with Crippen molar-refractivity contribution in [3.05, 3.63) is 31.4 Å². The minimum Gasteiger partial charge on any atom is -0.298 e. The van der Waals surface area contributed by atoms with Gasteiger partial charge >= 0.3 is 0 Å². The molecule has 3 nitrogen and oxygen atoms in total. The number of thiazole rings is 1. The van der Waals surface area contributed by atoms with E-state index < -0.39 is 0 Å². The summed E-state index contributed by atoms with van der Waals surface area (Å²) >= 11 is 6.35. The van der Waals surface area contributed by atoms with Crippen molar-refractivity contribution in [1.29, 1.82) is 0 Å². The number of nitrogens with one attached hydrogen (secondary N) is 1. The highest BCUT2D eigenvalue weighted by molar-refractivity contribution is 9.11. The predicted molar refractivity (Wildman–Crippen MR) is 76.2 cm³/mol. The molecule has 1 N–H and O–H groups in total. The second-order valence-electron chi connectivity index (χ2n) is 3.47. The summed E-state index contributed by atoms with van der Waals surface area (Å²) in [6.45, 7) is 4.08.